The molecule has 2 N–H and O–H groups in total. The normalized spacial score (nSPS) is 28.3. The van der Waals surface area contributed by atoms with E-state index in [0.717, 1.165) is 12.5 Å². The first kappa shape index (κ1) is 13.2. The average molecular weight is 255 g/mol. The molecule has 2 aliphatic rings. The molecule has 98 valence electrons. The Balaban J connectivity index is 1.84. The maximum atomic E-state index is 5.70. The van der Waals surface area contributed by atoms with Gasteiger partial charge in [-0.05, 0) is 51.7 Å². The van der Waals surface area contributed by atoms with Gasteiger partial charge in [-0.2, -0.15) is 0 Å². The molecule has 1 heterocycles. The van der Waals surface area contributed by atoms with Crippen LogP contribution in [0, 0.1) is 5.41 Å². The van der Waals surface area contributed by atoms with Crippen LogP contribution >= 0.6 is 12.2 Å². The number of hydrogen-bond donors (Lipinski definition) is 1. The Morgan fingerprint density at radius 1 is 1.53 bits per heavy atom. The molecule has 0 spiro atoms. The van der Waals surface area contributed by atoms with Crippen LogP contribution in [0.15, 0.2) is 0 Å². The minimum atomic E-state index is 0.427. The van der Waals surface area contributed by atoms with Gasteiger partial charge < -0.3 is 15.5 Å². The third kappa shape index (κ3) is 3.63. The van der Waals surface area contributed by atoms with Gasteiger partial charge in [0.25, 0.3) is 0 Å². The van der Waals surface area contributed by atoms with Crippen LogP contribution in [0.1, 0.15) is 32.1 Å². The minimum absolute atomic E-state index is 0.427. The first-order valence-corrected chi connectivity index (χ1v) is 7.09. The van der Waals surface area contributed by atoms with Gasteiger partial charge in [0, 0.05) is 25.6 Å². The smallest absolute Gasteiger partial charge is 0.0733 e. The van der Waals surface area contributed by atoms with Crippen LogP contribution in [0.3, 0.4) is 0 Å². The third-order valence-electron chi connectivity index (χ3n) is 4.31. The second kappa shape index (κ2) is 5.21. The monoisotopic (exact) mass is 255 g/mol. The fraction of sp³-hybridized carbons (Fsp3) is 0.923. The van der Waals surface area contributed by atoms with E-state index in [0.29, 0.717) is 10.4 Å². The zero-order valence-corrected chi connectivity index (χ0v) is 11.9. The van der Waals surface area contributed by atoms with E-state index in [1.165, 1.54) is 45.3 Å². The van der Waals surface area contributed by atoms with E-state index in [-0.39, 0.29) is 0 Å². The summed E-state index contributed by atoms with van der Waals surface area (Å²) in [6.45, 7) is 3.63. The van der Waals surface area contributed by atoms with Crippen molar-refractivity contribution in [3.63, 3.8) is 0 Å². The molecule has 1 aliphatic carbocycles. The summed E-state index contributed by atoms with van der Waals surface area (Å²) >= 11 is 5.06. The standard InChI is InChI=1S/C13H25N3S/c1-15-7-3-4-11(9-15)16(2)10-13(5-6-13)8-12(14)17/h11H,3-10H2,1-2H3,(H2,14,17). The Kier molecular flexibility index (Phi) is 4.06. The molecular formula is C13H25N3S. The summed E-state index contributed by atoms with van der Waals surface area (Å²) in [5.74, 6) is 0. The fourth-order valence-corrected chi connectivity index (χ4v) is 3.40. The lowest BCUT2D eigenvalue weighted by molar-refractivity contribution is 0.116. The van der Waals surface area contributed by atoms with Crippen molar-refractivity contribution < 1.29 is 0 Å². The first-order chi connectivity index (χ1) is 8.01. The lowest BCUT2D eigenvalue weighted by Gasteiger charge is -2.37. The average Bonchev–Trinajstić information content (AvgIpc) is 2.96. The SMILES string of the molecule is CN1CCCC(N(C)CC2(CC(N)=S)CC2)C1. The molecule has 1 aliphatic heterocycles. The van der Waals surface area contributed by atoms with Gasteiger partial charge in [-0.3, -0.25) is 0 Å². The Hall–Kier alpha value is -0.190. The molecule has 0 amide bonds. The van der Waals surface area contributed by atoms with Crippen LogP contribution in [0.4, 0.5) is 0 Å². The summed E-state index contributed by atoms with van der Waals surface area (Å²) in [4.78, 5) is 5.68. The zero-order chi connectivity index (χ0) is 12.5. The highest BCUT2D eigenvalue weighted by atomic mass is 32.1. The summed E-state index contributed by atoms with van der Waals surface area (Å²) in [6.07, 6.45) is 6.21. The van der Waals surface area contributed by atoms with Crippen molar-refractivity contribution in [1.29, 1.82) is 0 Å². The van der Waals surface area contributed by atoms with E-state index >= 15 is 0 Å². The van der Waals surface area contributed by atoms with E-state index in [2.05, 4.69) is 23.9 Å². The number of hydrogen-bond acceptors (Lipinski definition) is 3. The van der Waals surface area contributed by atoms with Gasteiger partial charge in [0.2, 0.25) is 0 Å². The van der Waals surface area contributed by atoms with Crippen LogP contribution in [0.25, 0.3) is 0 Å². The van der Waals surface area contributed by atoms with Gasteiger partial charge in [0.05, 0.1) is 4.99 Å². The summed E-state index contributed by atoms with van der Waals surface area (Å²) in [7, 11) is 4.49. The third-order valence-corrected chi connectivity index (χ3v) is 4.46. The quantitative estimate of drug-likeness (QED) is 0.754. The number of thiocarbonyl (C=S) groups is 1. The maximum Gasteiger partial charge on any atom is 0.0733 e. The Labute approximate surface area is 110 Å². The number of likely N-dealkylation sites (N-methyl/N-ethyl adjacent to an activating group) is 2. The number of rotatable bonds is 5. The minimum Gasteiger partial charge on any atom is -0.393 e. The van der Waals surface area contributed by atoms with Gasteiger partial charge in [-0.25, -0.2) is 0 Å². The van der Waals surface area contributed by atoms with Gasteiger partial charge in [-0.15, -0.1) is 0 Å². The molecule has 0 aromatic carbocycles. The first-order valence-electron chi connectivity index (χ1n) is 6.68. The van der Waals surface area contributed by atoms with Crippen LogP contribution in [-0.4, -0.2) is 54.6 Å². The number of piperidine rings is 1. The molecule has 0 aromatic heterocycles. The molecule has 1 atom stereocenters. The molecule has 0 aromatic rings. The van der Waals surface area contributed by atoms with Gasteiger partial charge in [0.15, 0.2) is 0 Å². The van der Waals surface area contributed by atoms with E-state index in [1.54, 1.807) is 0 Å². The fourth-order valence-electron chi connectivity index (χ4n) is 3.09. The second-order valence-electron chi connectivity index (χ2n) is 6.12. The van der Waals surface area contributed by atoms with E-state index in [4.69, 9.17) is 18.0 Å². The van der Waals surface area contributed by atoms with Crippen LogP contribution < -0.4 is 5.73 Å². The molecule has 2 fully saturated rings. The zero-order valence-electron chi connectivity index (χ0n) is 11.1. The lowest BCUT2D eigenvalue weighted by Crippen LogP contribution is -2.46. The van der Waals surface area contributed by atoms with Gasteiger partial charge >= 0.3 is 0 Å². The highest BCUT2D eigenvalue weighted by Crippen LogP contribution is 2.49. The summed E-state index contributed by atoms with van der Waals surface area (Å²) in [5.41, 5.74) is 6.13. The maximum absolute atomic E-state index is 5.70. The van der Waals surface area contributed by atoms with E-state index in [9.17, 15) is 0 Å². The molecular weight excluding hydrogens is 230 g/mol. The van der Waals surface area contributed by atoms with Gasteiger partial charge in [0.1, 0.15) is 0 Å². The number of nitrogens with two attached hydrogens (primary N) is 1. The van der Waals surface area contributed by atoms with Crippen molar-refractivity contribution in [2.24, 2.45) is 11.1 Å². The van der Waals surface area contributed by atoms with Crippen LogP contribution in [0.2, 0.25) is 0 Å². The molecule has 0 bridgehead atoms. The predicted molar refractivity (Wildman–Crippen MR) is 76.2 cm³/mol. The van der Waals surface area contributed by atoms with Crippen molar-refractivity contribution in [3.8, 4) is 0 Å². The van der Waals surface area contributed by atoms with E-state index < -0.39 is 0 Å². The van der Waals surface area contributed by atoms with Crippen molar-refractivity contribution >= 4 is 17.2 Å². The topological polar surface area (TPSA) is 32.5 Å². The molecule has 1 saturated carbocycles. The number of nitrogens with zero attached hydrogens (tertiary/aromatic N) is 2. The van der Waals surface area contributed by atoms with E-state index in [1.807, 2.05) is 0 Å². The molecule has 1 unspecified atom stereocenters. The molecule has 17 heavy (non-hydrogen) atoms. The van der Waals surface area contributed by atoms with Crippen molar-refractivity contribution in [2.45, 2.75) is 38.1 Å². The second-order valence-corrected chi connectivity index (χ2v) is 6.64. The Morgan fingerprint density at radius 3 is 2.76 bits per heavy atom. The Bertz CT molecular complexity index is 288. The van der Waals surface area contributed by atoms with Crippen molar-refractivity contribution in [1.82, 2.24) is 9.80 Å². The highest BCUT2D eigenvalue weighted by molar-refractivity contribution is 7.80. The molecule has 2 rings (SSSR count). The highest BCUT2D eigenvalue weighted by Gasteiger charge is 2.44. The predicted octanol–water partition coefficient (Wildman–Crippen LogP) is 1.47. The van der Waals surface area contributed by atoms with Gasteiger partial charge in [-0.1, -0.05) is 12.2 Å². The summed E-state index contributed by atoms with van der Waals surface area (Å²) < 4.78 is 0. The lowest BCUT2D eigenvalue weighted by atomic mass is 9.99. The van der Waals surface area contributed by atoms with Crippen LogP contribution in [-0.2, 0) is 0 Å². The summed E-state index contributed by atoms with van der Waals surface area (Å²) in [6, 6.07) is 0.720. The van der Waals surface area contributed by atoms with Crippen molar-refractivity contribution in [3.05, 3.63) is 0 Å². The van der Waals surface area contributed by atoms with Crippen LogP contribution in [0.5, 0.6) is 0 Å². The summed E-state index contributed by atoms with van der Waals surface area (Å²) in [5, 5.41) is 0. The molecule has 4 heteroatoms. The van der Waals surface area contributed by atoms with Crippen molar-refractivity contribution in [2.75, 3.05) is 33.7 Å². The number of likely N-dealkylation sites (tertiary alicyclic amines) is 1. The molecule has 1 saturated heterocycles. The Morgan fingerprint density at radius 2 is 2.24 bits per heavy atom. The molecule has 0 radical (unpaired) electrons. The largest absolute Gasteiger partial charge is 0.393 e. The molecule has 3 nitrogen and oxygen atoms in total.